The maximum absolute atomic E-state index is 12.0. The van der Waals surface area contributed by atoms with Crippen LogP contribution in [-0.2, 0) is 14.3 Å². The van der Waals surface area contributed by atoms with Crippen molar-refractivity contribution in [3.05, 3.63) is 23.3 Å². The molecule has 0 aromatic carbocycles. The Hall–Kier alpha value is -1.38. The minimum absolute atomic E-state index is 0.00122. The van der Waals surface area contributed by atoms with E-state index >= 15 is 0 Å². The number of esters is 1. The highest BCUT2D eigenvalue weighted by molar-refractivity contribution is 5.92. The fourth-order valence-corrected chi connectivity index (χ4v) is 7.46. The summed E-state index contributed by atoms with van der Waals surface area (Å²) in [6.45, 7) is 7.13. The zero-order valence-electron chi connectivity index (χ0n) is 16.3. The molecule has 0 N–H and O–H groups in total. The van der Waals surface area contributed by atoms with Gasteiger partial charge in [0.2, 0.25) is 0 Å². The molecule has 0 radical (unpaired) electrons. The minimum Gasteiger partial charge on any atom is -0.458 e. The van der Waals surface area contributed by atoms with Crippen LogP contribution in [0.4, 0.5) is 0 Å². The predicted octanol–water partition coefficient (Wildman–Crippen LogP) is 4.76. The van der Waals surface area contributed by atoms with E-state index in [-0.39, 0.29) is 22.4 Å². The molecule has 26 heavy (non-hydrogen) atoms. The fourth-order valence-electron chi connectivity index (χ4n) is 7.46. The topological polar surface area (TPSA) is 43.4 Å². The first kappa shape index (κ1) is 16.8. The Morgan fingerprint density at radius 3 is 2.65 bits per heavy atom. The molecule has 6 atom stereocenters. The van der Waals surface area contributed by atoms with Gasteiger partial charge in [0.25, 0.3) is 0 Å². The molecule has 0 aromatic heterocycles. The van der Waals surface area contributed by atoms with E-state index in [2.05, 4.69) is 26.8 Å². The number of fused-ring (bicyclic) bond motifs is 6. The monoisotopic (exact) mass is 354 g/mol. The second kappa shape index (κ2) is 5.11. The van der Waals surface area contributed by atoms with E-state index in [0.29, 0.717) is 36.4 Å². The molecule has 5 aliphatic rings. The molecule has 3 heteroatoms. The van der Waals surface area contributed by atoms with Gasteiger partial charge in [-0.2, -0.15) is 0 Å². The van der Waals surface area contributed by atoms with Gasteiger partial charge in [-0.25, -0.2) is 0 Å². The Morgan fingerprint density at radius 2 is 1.92 bits per heavy atom. The second-order valence-corrected chi connectivity index (χ2v) is 10.1. The lowest BCUT2D eigenvalue weighted by Crippen LogP contribution is -2.52. The molecule has 3 unspecified atom stereocenters. The summed E-state index contributed by atoms with van der Waals surface area (Å²) in [5.41, 5.74) is 2.89. The third kappa shape index (κ3) is 1.90. The number of hydrogen-bond donors (Lipinski definition) is 0. The number of carbonyl (C=O) groups is 2. The molecule has 1 heterocycles. The number of ketones is 1. The van der Waals surface area contributed by atoms with Crippen LogP contribution in [0.3, 0.4) is 0 Å². The van der Waals surface area contributed by atoms with E-state index in [4.69, 9.17) is 4.74 Å². The van der Waals surface area contributed by atoms with Crippen molar-refractivity contribution in [1.82, 2.24) is 0 Å². The first-order valence-corrected chi connectivity index (χ1v) is 10.5. The van der Waals surface area contributed by atoms with Crippen LogP contribution >= 0.6 is 0 Å². The van der Waals surface area contributed by atoms with Crippen LogP contribution in [0.15, 0.2) is 23.3 Å². The van der Waals surface area contributed by atoms with E-state index in [1.807, 2.05) is 6.08 Å². The summed E-state index contributed by atoms with van der Waals surface area (Å²) in [5, 5.41) is 0. The Kier molecular flexibility index (Phi) is 3.30. The summed E-state index contributed by atoms with van der Waals surface area (Å²) in [7, 11) is 0. The van der Waals surface area contributed by atoms with E-state index in [9.17, 15) is 9.59 Å². The predicted molar refractivity (Wildman–Crippen MR) is 99.3 cm³/mol. The van der Waals surface area contributed by atoms with Crippen molar-refractivity contribution in [3.8, 4) is 0 Å². The van der Waals surface area contributed by atoms with Gasteiger partial charge in [0.1, 0.15) is 5.60 Å². The highest BCUT2D eigenvalue weighted by Crippen LogP contribution is 2.68. The van der Waals surface area contributed by atoms with Gasteiger partial charge in [-0.05, 0) is 62.4 Å². The van der Waals surface area contributed by atoms with E-state index < -0.39 is 0 Å². The van der Waals surface area contributed by atoms with Gasteiger partial charge >= 0.3 is 5.97 Å². The fraction of sp³-hybridized carbons (Fsp3) is 0.739. The molecule has 0 bridgehead atoms. The summed E-state index contributed by atoms with van der Waals surface area (Å²) >= 11 is 0. The van der Waals surface area contributed by atoms with Crippen molar-refractivity contribution in [2.45, 2.75) is 77.7 Å². The van der Waals surface area contributed by atoms with Crippen molar-refractivity contribution in [2.24, 2.45) is 28.6 Å². The van der Waals surface area contributed by atoms with Crippen LogP contribution in [0.5, 0.6) is 0 Å². The lowest BCUT2D eigenvalue weighted by Gasteiger charge is -2.56. The standard InChI is InChI=1S/C23H30O3/c1-14-12-15-13-16(24)4-8-21(15,2)17-5-9-22(3)18(20(14)17)6-10-23(22)11-7-19(25)26-23/h5,13-14,18,20H,4,6-12H2,1-3H3/t14-,18?,20?,21+,22+,23?/m1/s1. The third-order valence-electron chi connectivity index (χ3n) is 9.01. The van der Waals surface area contributed by atoms with Gasteiger partial charge in [-0.15, -0.1) is 0 Å². The van der Waals surface area contributed by atoms with Crippen LogP contribution in [0, 0.1) is 28.6 Å². The number of allylic oxidation sites excluding steroid dienone is 4. The lowest BCUT2D eigenvalue weighted by atomic mass is 9.48. The van der Waals surface area contributed by atoms with Crippen LogP contribution in [0.2, 0.25) is 0 Å². The average molecular weight is 354 g/mol. The van der Waals surface area contributed by atoms with Crippen LogP contribution < -0.4 is 0 Å². The molecule has 2 saturated carbocycles. The molecule has 3 fully saturated rings. The number of rotatable bonds is 0. The van der Waals surface area contributed by atoms with Crippen molar-refractivity contribution in [3.63, 3.8) is 0 Å². The minimum atomic E-state index is -0.226. The van der Waals surface area contributed by atoms with Crippen LogP contribution in [0.1, 0.15) is 72.1 Å². The van der Waals surface area contributed by atoms with Gasteiger partial charge in [0, 0.05) is 23.7 Å². The number of ether oxygens (including phenoxy) is 1. The first-order valence-electron chi connectivity index (χ1n) is 10.5. The van der Waals surface area contributed by atoms with Gasteiger partial charge < -0.3 is 4.74 Å². The SMILES string of the molecule is C[C@@H]1CC2=CC(=O)CC[C@]2(C)C2=CC[C@@]3(C)C(CCC34CCC(=O)O4)C21. The number of carbonyl (C=O) groups excluding carboxylic acids is 2. The zero-order valence-corrected chi connectivity index (χ0v) is 16.3. The number of hydrogen-bond acceptors (Lipinski definition) is 3. The molecule has 5 rings (SSSR count). The van der Waals surface area contributed by atoms with Crippen molar-refractivity contribution in [2.75, 3.05) is 0 Å². The molecule has 1 saturated heterocycles. The van der Waals surface area contributed by atoms with E-state index in [0.717, 1.165) is 32.1 Å². The Morgan fingerprint density at radius 1 is 1.12 bits per heavy atom. The highest BCUT2D eigenvalue weighted by Gasteiger charge is 2.66. The molecule has 3 nitrogen and oxygen atoms in total. The van der Waals surface area contributed by atoms with Crippen molar-refractivity contribution >= 4 is 11.8 Å². The van der Waals surface area contributed by atoms with Gasteiger partial charge in [-0.3, -0.25) is 9.59 Å². The van der Waals surface area contributed by atoms with Crippen molar-refractivity contribution in [1.29, 1.82) is 0 Å². The van der Waals surface area contributed by atoms with E-state index in [1.165, 1.54) is 12.0 Å². The molecule has 1 spiro atoms. The lowest BCUT2D eigenvalue weighted by molar-refractivity contribution is -0.160. The van der Waals surface area contributed by atoms with Gasteiger partial charge in [-0.1, -0.05) is 38.0 Å². The van der Waals surface area contributed by atoms with Crippen LogP contribution in [-0.4, -0.2) is 17.4 Å². The molecular formula is C23H30O3. The zero-order chi connectivity index (χ0) is 18.3. The molecule has 140 valence electrons. The average Bonchev–Trinajstić information content (AvgIpc) is 3.11. The summed E-state index contributed by atoms with van der Waals surface area (Å²) in [5.74, 6) is 2.04. The third-order valence-corrected chi connectivity index (χ3v) is 9.01. The largest absolute Gasteiger partial charge is 0.458 e. The smallest absolute Gasteiger partial charge is 0.306 e. The maximum atomic E-state index is 12.0. The quantitative estimate of drug-likeness (QED) is 0.465. The Labute approximate surface area is 156 Å². The Bertz CT molecular complexity index is 761. The molecule has 0 aromatic rings. The molecule has 4 aliphatic carbocycles. The normalized spacial score (nSPS) is 49.9. The highest BCUT2D eigenvalue weighted by atomic mass is 16.6. The van der Waals surface area contributed by atoms with Gasteiger partial charge in [0.05, 0.1) is 0 Å². The van der Waals surface area contributed by atoms with Crippen LogP contribution in [0.25, 0.3) is 0 Å². The van der Waals surface area contributed by atoms with E-state index in [1.54, 1.807) is 5.57 Å². The maximum Gasteiger partial charge on any atom is 0.306 e. The first-order chi connectivity index (χ1) is 12.3. The summed E-state index contributed by atoms with van der Waals surface area (Å²) < 4.78 is 6.02. The summed E-state index contributed by atoms with van der Waals surface area (Å²) in [4.78, 5) is 24.0. The molecule has 1 aliphatic heterocycles. The molecule has 0 amide bonds. The van der Waals surface area contributed by atoms with Gasteiger partial charge in [0.15, 0.2) is 5.78 Å². The summed E-state index contributed by atoms with van der Waals surface area (Å²) in [6, 6.07) is 0. The molecular weight excluding hydrogens is 324 g/mol. The Balaban J connectivity index is 1.59. The summed E-state index contributed by atoms with van der Waals surface area (Å²) in [6.07, 6.45) is 11.9. The second-order valence-electron chi connectivity index (χ2n) is 10.1. The van der Waals surface area contributed by atoms with Crippen molar-refractivity contribution < 1.29 is 14.3 Å².